The van der Waals surface area contributed by atoms with E-state index in [2.05, 4.69) is 19.1 Å². The highest BCUT2D eigenvalue weighted by Crippen LogP contribution is 2.36. The van der Waals surface area contributed by atoms with Gasteiger partial charge in [0.05, 0.1) is 6.61 Å². The Morgan fingerprint density at radius 1 is 0.667 bits per heavy atom. The lowest BCUT2D eigenvalue weighted by atomic mass is 9.88. The first kappa shape index (κ1) is 18.6. The molecule has 0 unspecified atom stereocenters. The van der Waals surface area contributed by atoms with E-state index in [0.29, 0.717) is 6.61 Å². The van der Waals surface area contributed by atoms with Crippen molar-refractivity contribution in [3.63, 3.8) is 0 Å². The summed E-state index contributed by atoms with van der Waals surface area (Å²) in [5.74, 6) is 1.33. The molecule has 3 heteroatoms. The zero-order chi connectivity index (χ0) is 19.2. The third-order valence-corrected chi connectivity index (χ3v) is 4.48. The minimum atomic E-state index is 0.239. The van der Waals surface area contributed by atoms with Crippen molar-refractivity contribution in [3.8, 4) is 17.2 Å². The standard InChI is InChI=1S/C24H24O3/c1-3-23(17-9-15-22(16-10-17)27-4-2)24(18-5-11-20(25)12-6-18)19-7-13-21(26)14-8-19/h5-16,25-26H,3-4H2,1-2H3. The van der Waals surface area contributed by atoms with Gasteiger partial charge in [0.15, 0.2) is 0 Å². The Morgan fingerprint density at radius 2 is 1.11 bits per heavy atom. The molecule has 0 heterocycles. The van der Waals surface area contributed by atoms with E-state index in [0.717, 1.165) is 34.4 Å². The van der Waals surface area contributed by atoms with Crippen LogP contribution in [0, 0.1) is 0 Å². The average Bonchev–Trinajstić information content (AvgIpc) is 2.69. The Morgan fingerprint density at radius 3 is 1.52 bits per heavy atom. The second-order valence-corrected chi connectivity index (χ2v) is 6.26. The lowest BCUT2D eigenvalue weighted by Crippen LogP contribution is -1.96. The monoisotopic (exact) mass is 360 g/mol. The molecule has 0 radical (unpaired) electrons. The van der Waals surface area contributed by atoms with Crippen LogP contribution in [0.25, 0.3) is 11.1 Å². The molecule has 0 spiro atoms. The molecule has 0 fully saturated rings. The minimum absolute atomic E-state index is 0.239. The topological polar surface area (TPSA) is 49.7 Å². The molecule has 0 atom stereocenters. The average molecular weight is 360 g/mol. The molecule has 3 rings (SSSR count). The van der Waals surface area contributed by atoms with Crippen molar-refractivity contribution >= 4 is 11.1 Å². The first-order chi connectivity index (χ1) is 13.1. The van der Waals surface area contributed by atoms with E-state index in [9.17, 15) is 10.2 Å². The third-order valence-electron chi connectivity index (χ3n) is 4.48. The minimum Gasteiger partial charge on any atom is -0.508 e. The summed E-state index contributed by atoms with van der Waals surface area (Å²) in [6, 6.07) is 22.6. The molecule has 0 aliphatic carbocycles. The smallest absolute Gasteiger partial charge is 0.119 e. The maximum atomic E-state index is 9.68. The summed E-state index contributed by atoms with van der Waals surface area (Å²) < 4.78 is 5.56. The summed E-state index contributed by atoms with van der Waals surface area (Å²) in [6.07, 6.45) is 0.838. The zero-order valence-corrected chi connectivity index (χ0v) is 15.6. The molecule has 0 bridgehead atoms. The van der Waals surface area contributed by atoms with Crippen LogP contribution in [0.5, 0.6) is 17.2 Å². The van der Waals surface area contributed by atoms with Crippen LogP contribution in [0.4, 0.5) is 0 Å². The number of aromatic hydroxyl groups is 2. The summed E-state index contributed by atoms with van der Waals surface area (Å²) in [5.41, 5.74) is 5.43. The summed E-state index contributed by atoms with van der Waals surface area (Å²) >= 11 is 0. The molecule has 3 aromatic rings. The number of benzene rings is 3. The lowest BCUT2D eigenvalue weighted by molar-refractivity contribution is 0.340. The van der Waals surface area contributed by atoms with Gasteiger partial charge in [-0.2, -0.15) is 0 Å². The number of phenols is 2. The lowest BCUT2D eigenvalue weighted by Gasteiger charge is -2.17. The zero-order valence-electron chi connectivity index (χ0n) is 15.6. The maximum absolute atomic E-state index is 9.68. The first-order valence-corrected chi connectivity index (χ1v) is 9.17. The summed E-state index contributed by atoms with van der Waals surface area (Å²) in [7, 11) is 0. The van der Waals surface area contributed by atoms with Crippen molar-refractivity contribution in [2.45, 2.75) is 20.3 Å². The van der Waals surface area contributed by atoms with Crippen LogP contribution in [0.15, 0.2) is 72.8 Å². The van der Waals surface area contributed by atoms with E-state index in [1.54, 1.807) is 24.3 Å². The number of phenolic OH excluding ortho intramolecular Hbond substituents is 2. The second kappa shape index (κ2) is 8.45. The van der Waals surface area contributed by atoms with Gasteiger partial charge in [-0.15, -0.1) is 0 Å². The molecular weight excluding hydrogens is 336 g/mol. The Labute approximate surface area is 160 Å². The molecule has 3 aromatic carbocycles. The van der Waals surface area contributed by atoms with Gasteiger partial charge in [-0.3, -0.25) is 0 Å². The molecule has 0 aliphatic rings. The van der Waals surface area contributed by atoms with E-state index in [-0.39, 0.29) is 11.5 Å². The molecule has 0 aliphatic heterocycles. The third kappa shape index (κ3) is 4.32. The van der Waals surface area contributed by atoms with Crippen LogP contribution in [-0.4, -0.2) is 16.8 Å². The van der Waals surface area contributed by atoms with Crippen molar-refractivity contribution in [2.75, 3.05) is 6.61 Å². The molecule has 0 saturated carbocycles. The molecule has 138 valence electrons. The summed E-state index contributed by atoms with van der Waals surface area (Å²) in [4.78, 5) is 0. The highest BCUT2D eigenvalue weighted by molar-refractivity contribution is 5.98. The van der Waals surface area contributed by atoms with E-state index in [1.807, 2.05) is 43.3 Å². The first-order valence-electron chi connectivity index (χ1n) is 9.17. The van der Waals surface area contributed by atoms with Crippen molar-refractivity contribution in [3.05, 3.63) is 89.5 Å². The molecule has 2 N–H and O–H groups in total. The molecule has 3 nitrogen and oxygen atoms in total. The number of rotatable bonds is 6. The number of ether oxygens (including phenoxy) is 1. The van der Waals surface area contributed by atoms with E-state index >= 15 is 0 Å². The van der Waals surface area contributed by atoms with Crippen LogP contribution in [-0.2, 0) is 0 Å². The fourth-order valence-corrected chi connectivity index (χ4v) is 3.22. The van der Waals surface area contributed by atoms with Gasteiger partial charge in [-0.1, -0.05) is 43.3 Å². The van der Waals surface area contributed by atoms with Gasteiger partial charge >= 0.3 is 0 Å². The van der Waals surface area contributed by atoms with Crippen LogP contribution in [0.2, 0.25) is 0 Å². The van der Waals surface area contributed by atoms with E-state index in [4.69, 9.17) is 4.74 Å². The normalized spacial score (nSPS) is 10.4. The molecule has 0 saturated heterocycles. The highest BCUT2D eigenvalue weighted by atomic mass is 16.5. The number of hydrogen-bond acceptors (Lipinski definition) is 3. The van der Waals surface area contributed by atoms with Gasteiger partial charge in [0.1, 0.15) is 17.2 Å². The SMILES string of the molecule is CCOc1ccc(C(CC)=C(c2ccc(O)cc2)c2ccc(O)cc2)cc1. The van der Waals surface area contributed by atoms with Gasteiger partial charge in [-0.25, -0.2) is 0 Å². The maximum Gasteiger partial charge on any atom is 0.119 e. The Kier molecular flexibility index (Phi) is 5.82. The van der Waals surface area contributed by atoms with Crippen LogP contribution < -0.4 is 4.74 Å². The van der Waals surface area contributed by atoms with Crippen molar-refractivity contribution < 1.29 is 14.9 Å². The molecular formula is C24H24O3. The Balaban J connectivity index is 2.18. The van der Waals surface area contributed by atoms with Crippen LogP contribution >= 0.6 is 0 Å². The van der Waals surface area contributed by atoms with Gasteiger partial charge < -0.3 is 14.9 Å². The predicted molar refractivity (Wildman–Crippen MR) is 110 cm³/mol. The molecule has 27 heavy (non-hydrogen) atoms. The van der Waals surface area contributed by atoms with Gasteiger partial charge in [0.25, 0.3) is 0 Å². The Bertz CT molecular complexity index is 858. The Hall–Kier alpha value is -3.20. The quantitative estimate of drug-likeness (QED) is 0.541. The highest BCUT2D eigenvalue weighted by Gasteiger charge is 2.13. The number of allylic oxidation sites excluding steroid dienone is 1. The van der Waals surface area contributed by atoms with Crippen LogP contribution in [0.3, 0.4) is 0 Å². The largest absolute Gasteiger partial charge is 0.508 e. The van der Waals surface area contributed by atoms with Gasteiger partial charge in [0.2, 0.25) is 0 Å². The van der Waals surface area contributed by atoms with Crippen molar-refractivity contribution in [1.29, 1.82) is 0 Å². The molecule has 0 aromatic heterocycles. The summed E-state index contributed by atoms with van der Waals surface area (Å²) in [5, 5.41) is 19.4. The van der Waals surface area contributed by atoms with Gasteiger partial charge in [0, 0.05) is 0 Å². The predicted octanol–water partition coefficient (Wildman–Crippen LogP) is 5.87. The fraction of sp³-hybridized carbons (Fsp3) is 0.167. The second-order valence-electron chi connectivity index (χ2n) is 6.26. The van der Waals surface area contributed by atoms with Gasteiger partial charge in [-0.05, 0) is 77.6 Å². The number of hydrogen-bond donors (Lipinski definition) is 2. The van der Waals surface area contributed by atoms with E-state index < -0.39 is 0 Å². The fourth-order valence-electron chi connectivity index (χ4n) is 3.22. The van der Waals surface area contributed by atoms with Crippen molar-refractivity contribution in [1.82, 2.24) is 0 Å². The van der Waals surface area contributed by atoms with Crippen molar-refractivity contribution in [2.24, 2.45) is 0 Å². The molecule has 0 amide bonds. The van der Waals surface area contributed by atoms with Crippen LogP contribution in [0.1, 0.15) is 37.0 Å². The van der Waals surface area contributed by atoms with E-state index in [1.165, 1.54) is 5.57 Å². The summed E-state index contributed by atoms with van der Waals surface area (Å²) in [6.45, 7) is 4.74.